The number of carbonyl (C=O) groups is 1. The summed E-state index contributed by atoms with van der Waals surface area (Å²) < 4.78 is 4.90. The van der Waals surface area contributed by atoms with E-state index in [1.807, 2.05) is 13.8 Å². The average Bonchev–Trinajstić information content (AvgIpc) is 2.65. The Morgan fingerprint density at radius 2 is 2.13 bits per heavy atom. The fourth-order valence-corrected chi connectivity index (χ4v) is 1.12. The van der Waals surface area contributed by atoms with Crippen molar-refractivity contribution in [2.75, 3.05) is 6.61 Å². The summed E-state index contributed by atoms with van der Waals surface area (Å²) >= 11 is 0. The summed E-state index contributed by atoms with van der Waals surface area (Å²) in [6, 6.07) is 0. The molecule has 1 aromatic heterocycles. The lowest BCUT2D eigenvalue weighted by atomic mass is 10.1. The molecule has 0 amide bonds. The van der Waals surface area contributed by atoms with E-state index < -0.39 is 0 Å². The van der Waals surface area contributed by atoms with Gasteiger partial charge in [-0.3, -0.25) is 9.89 Å². The molecule has 1 rings (SSSR count). The van der Waals surface area contributed by atoms with E-state index in [1.54, 1.807) is 13.8 Å². The van der Waals surface area contributed by atoms with Gasteiger partial charge in [0, 0.05) is 5.92 Å². The van der Waals surface area contributed by atoms with Crippen molar-refractivity contribution < 1.29 is 9.53 Å². The molecule has 0 saturated carbocycles. The number of aromatic nitrogens is 3. The van der Waals surface area contributed by atoms with Crippen molar-refractivity contribution >= 4 is 5.97 Å². The van der Waals surface area contributed by atoms with Crippen LogP contribution < -0.4 is 0 Å². The van der Waals surface area contributed by atoms with Crippen LogP contribution in [-0.2, 0) is 9.53 Å². The van der Waals surface area contributed by atoms with Gasteiger partial charge in [0.2, 0.25) is 0 Å². The summed E-state index contributed by atoms with van der Waals surface area (Å²) in [5.41, 5.74) is 0. The zero-order valence-corrected chi connectivity index (χ0v) is 9.57. The number of esters is 1. The minimum absolute atomic E-state index is 0.254. The molecule has 1 N–H and O–H groups in total. The summed E-state index contributed by atoms with van der Waals surface area (Å²) in [6.07, 6.45) is 0. The second-order valence-corrected chi connectivity index (χ2v) is 3.71. The maximum absolute atomic E-state index is 11.4. The zero-order valence-electron chi connectivity index (χ0n) is 9.57. The monoisotopic (exact) mass is 211 g/mol. The van der Waals surface area contributed by atoms with Gasteiger partial charge < -0.3 is 4.74 Å². The molecule has 15 heavy (non-hydrogen) atoms. The Hall–Kier alpha value is -1.39. The van der Waals surface area contributed by atoms with Crippen molar-refractivity contribution in [1.82, 2.24) is 15.2 Å². The molecule has 5 heteroatoms. The second-order valence-electron chi connectivity index (χ2n) is 3.71. The molecule has 5 nitrogen and oxygen atoms in total. The number of nitrogens with zero attached hydrogens (tertiary/aromatic N) is 2. The maximum Gasteiger partial charge on any atom is 0.316 e. The van der Waals surface area contributed by atoms with E-state index in [0.717, 1.165) is 5.82 Å². The van der Waals surface area contributed by atoms with E-state index in [2.05, 4.69) is 15.2 Å². The molecule has 0 aliphatic rings. The maximum atomic E-state index is 11.4. The van der Waals surface area contributed by atoms with Gasteiger partial charge in [0.15, 0.2) is 5.82 Å². The molecule has 0 saturated heterocycles. The van der Waals surface area contributed by atoms with E-state index in [0.29, 0.717) is 12.4 Å². The van der Waals surface area contributed by atoms with Crippen LogP contribution in [0, 0.1) is 0 Å². The number of H-pyrrole nitrogens is 1. The first-order valence-electron chi connectivity index (χ1n) is 5.15. The summed E-state index contributed by atoms with van der Waals surface area (Å²) in [4.78, 5) is 15.7. The molecule has 1 unspecified atom stereocenters. The smallest absolute Gasteiger partial charge is 0.316 e. The first-order chi connectivity index (χ1) is 7.06. The molecule has 0 fully saturated rings. The standard InChI is InChI=1S/C10H17N3O2/c1-5-15-10(14)7(4)9-11-8(6(2)3)12-13-9/h6-7H,5H2,1-4H3,(H,11,12,13). The third kappa shape index (κ3) is 2.78. The number of aromatic amines is 1. The first-order valence-corrected chi connectivity index (χ1v) is 5.15. The highest BCUT2D eigenvalue weighted by atomic mass is 16.5. The van der Waals surface area contributed by atoms with Crippen LogP contribution in [0.5, 0.6) is 0 Å². The fourth-order valence-electron chi connectivity index (χ4n) is 1.12. The van der Waals surface area contributed by atoms with Crippen LogP contribution in [-0.4, -0.2) is 27.8 Å². The van der Waals surface area contributed by atoms with Gasteiger partial charge in [-0.15, -0.1) is 0 Å². The molecule has 0 radical (unpaired) electrons. The normalized spacial score (nSPS) is 12.9. The Morgan fingerprint density at radius 3 is 2.60 bits per heavy atom. The number of ether oxygens (including phenoxy) is 1. The van der Waals surface area contributed by atoms with Gasteiger partial charge in [0.05, 0.1) is 6.61 Å². The van der Waals surface area contributed by atoms with Gasteiger partial charge in [0.1, 0.15) is 11.7 Å². The van der Waals surface area contributed by atoms with Crippen LogP contribution in [0.2, 0.25) is 0 Å². The van der Waals surface area contributed by atoms with Gasteiger partial charge >= 0.3 is 5.97 Å². The Bertz CT molecular complexity index is 333. The zero-order chi connectivity index (χ0) is 11.4. The van der Waals surface area contributed by atoms with Crippen molar-refractivity contribution in [3.63, 3.8) is 0 Å². The Kier molecular flexibility index (Phi) is 3.82. The van der Waals surface area contributed by atoms with E-state index in [-0.39, 0.29) is 17.8 Å². The van der Waals surface area contributed by atoms with Crippen molar-refractivity contribution in [3.05, 3.63) is 11.6 Å². The third-order valence-electron chi connectivity index (χ3n) is 2.09. The van der Waals surface area contributed by atoms with Crippen molar-refractivity contribution in [3.8, 4) is 0 Å². The lowest BCUT2D eigenvalue weighted by Crippen LogP contribution is -2.14. The Labute approximate surface area is 89.2 Å². The summed E-state index contributed by atoms with van der Waals surface area (Å²) in [5, 5.41) is 6.80. The van der Waals surface area contributed by atoms with Gasteiger partial charge in [-0.1, -0.05) is 13.8 Å². The molecule has 1 atom stereocenters. The number of carbonyl (C=O) groups excluding carboxylic acids is 1. The van der Waals surface area contributed by atoms with Crippen molar-refractivity contribution in [1.29, 1.82) is 0 Å². The molecule has 0 aromatic carbocycles. The molecule has 84 valence electrons. The van der Waals surface area contributed by atoms with E-state index in [1.165, 1.54) is 0 Å². The van der Waals surface area contributed by atoms with Crippen LogP contribution in [0.3, 0.4) is 0 Å². The van der Waals surface area contributed by atoms with Gasteiger partial charge in [0.25, 0.3) is 0 Å². The first kappa shape index (κ1) is 11.7. The molecule has 0 spiro atoms. The summed E-state index contributed by atoms with van der Waals surface area (Å²) in [7, 11) is 0. The van der Waals surface area contributed by atoms with Gasteiger partial charge in [-0.25, -0.2) is 4.98 Å². The van der Waals surface area contributed by atoms with Crippen LogP contribution in [0.1, 0.15) is 51.2 Å². The van der Waals surface area contributed by atoms with Gasteiger partial charge in [-0.2, -0.15) is 5.10 Å². The molecular weight excluding hydrogens is 194 g/mol. The van der Waals surface area contributed by atoms with Crippen molar-refractivity contribution in [2.45, 2.75) is 39.5 Å². The largest absolute Gasteiger partial charge is 0.465 e. The van der Waals surface area contributed by atoms with E-state index >= 15 is 0 Å². The molecule has 0 aliphatic carbocycles. The molecule has 0 bridgehead atoms. The van der Waals surface area contributed by atoms with Crippen LogP contribution in [0.4, 0.5) is 0 Å². The van der Waals surface area contributed by atoms with Crippen LogP contribution >= 0.6 is 0 Å². The topological polar surface area (TPSA) is 67.9 Å². The average molecular weight is 211 g/mol. The highest BCUT2D eigenvalue weighted by Crippen LogP contribution is 2.15. The summed E-state index contributed by atoms with van der Waals surface area (Å²) in [6.45, 7) is 7.92. The van der Waals surface area contributed by atoms with E-state index in [9.17, 15) is 4.79 Å². The Balaban J connectivity index is 2.73. The number of nitrogens with one attached hydrogen (secondary N) is 1. The number of rotatable bonds is 4. The van der Waals surface area contributed by atoms with Gasteiger partial charge in [-0.05, 0) is 13.8 Å². The highest BCUT2D eigenvalue weighted by Gasteiger charge is 2.20. The third-order valence-corrected chi connectivity index (χ3v) is 2.09. The fraction of sp³-hybridized carbons (Fsp3) is 0.700. The number of hydrogen-bond donors (Lipinski definition) is 1. The highest BCUT2D eigenvalue weighted by molar-refractivity contribution is 5.76. The predicted octanol–water partition coefficient (Wildman–Crippen LogP) is 1.59. The summed E-state index contributed by atoms with van der Waals surface area (Å²) in [5.74, 6) is 0.886. The van der Waals surface area contributed by atoms with E-state index in [4.69, 9.17) is 4.74 Å². The lowest BCUT2D eigenvalue weighted by molar-refractivity contribution is -0.144. The minimum atomic E-state index is -0.384. The van der Waals surface area contributed by atoms with Crippen LogP contribution in [0.15, 0.2) is 0 Å². The van der Waals surface area contributed by atoms with Crippen LogP contribution in [0.25, 0.3) is 0 Å². The van der Waals surface area contributed by atoms with Crippen molar-refractivity contribution in [2.24, 2.45) is 0 Å². The molecular formula is C10H17N3O2. The lowest BCUT2D eigenvalue weighted by Gasteiger charge is -2.06. The Morgan fingerprint density at radius 1 is 1.47 bits per heavy atom. The minimum Gasteiger partial charge on any atom is -0.465 e. The predicted molar refractivity (Wildman–Crippen MR) is 55.5 cm³/mol. The molecule has 0 aliphatic heterocycles. The molecule has 1 heterocycles. The number of hydrogen-bond acceptors (Lipinski definition) is 4. The quantitative estimate of drug-likeness (QED) is 0.768. The SMILES string of the molecule is CCOC(=O)C(C)c1nc(C(C)C)n[nH]1. The second kappa shape index (κ2) is 4.91. The molecule has 1 aromatic rings.